The van der Waals surface area contributed by atoms with Crippen LogP contribution in [0.4, 0.5) is 10.1 Å². The van der Waals surface area contributed by atoms with Crippen molar-refractivity contribution in [3.63, 3.8) is 0 Å². The van der Waals surface area contributed by atoms with Gasteiger partial charge in [0.05, 0.1) is 0 Å². The normalized spacial score (nSPS) is 10.6. The Balaban J connectivity index is 2.10. The molecule has 4 nitrogen and oxygen atoms in total. The van der Waals surface area contributed by atoms with Gasteiger partial charge >= 0.3 is 0 Å². The maximum Gasteiger partial charge on any atom is 0.248 e. The number of carbonyl (C=O) groups excluding carboxylic acids is 2. The molecule has 6 heteroatoms. The predicted molar refractivity (Wildman–Crippen MR) is 86.7 cm³/mol. The molecule has 0 heterocycles. The van der Waals surface area contributed by atoms with E-state index in [9.17, 15) is 14.0 Å². The number of amides is 2. The van der Waals surface area contributed by atoms with Gasteiger partial charge in [-0.25, -0.2) is 4.39 Å². The van der Waals surface area contributed by atoms with Gasteiger partial charge in [0.15, 0.2) is 0 Å². The molecule has 0 aromatic heterocycles. The summed E-state index contributed by atoms with van der Waals surface area (Å²) in [6.45, 7) is 0. The number of nitrogens with one attached hydrogen (secondary N) is 1. The van der Waals surface area contributed by atoms with Crippen LogP contribution in [0.15, 0.2) is 53.0 Å². The number of halogens is 2. The summed E-state index contributed by atoms with van der Waals surface area (Å²) in [6.07, 6.45) is 2.58. The van der Waals surface area contributed by atoms with Crippen molar-refractivity contribution in [2.45, 2.75) is 0 Å². The van der Waals surface area contributed by atoms with Gasteiger partial charge in [0.1, 0.15) is 5.82 Å². The number of primary amides is 1. The highest BCUT2D eigenvalue weighted by molar-refractivity contribution is 9.10. The van der Waals surface area contributed by atoms with Crippen LogP contribution in [0.5, 0.6) is 0 Å². The first kappa shape index (κ1) is 15.9. The lowest BCUT2D eigenvalue weighted by atomic mass is 10.2. The monoisotopic (exact) mass is 362 g/mol. The Kier molecular flexibility index (Phi) is 5.06. The van der Waals surface area contributed by atoms with Crippen molar-refractivity contribution in [3.8, 4) is 0 Å². The van der Waals surface area contributed by atoms with Crippen molar-refractivity contribution in [1.82, 2.24) is 0 Å². The van der Waals surface area contributed by atoms with E-state index in [1.807, 2.05) is 0 Å². The molecule has 0 aliphatic heterocycles. The van der Waals surface area contributed by atoms with Crippen LogP contribution in [0.3, 0.4) is 0 Å². The number of rotatable bonds is 4. The average Bonchev–Trinajstić information content (AvgIpc) is 2.48. The van der Waals surface area contributed by atoms with E-state index in [1.54, 1.807) is 30.3 Å². The molecule has 2 amide bonds. The molecule has 2 aromatic carbocycles. The van der Waals surface area contributed by atoms with Gasteiger partial charge < -0.3 is 11.1 Å². The van der Waals surface area contributed by atoms with Crippen LogP contribution in [0.1, 0.15) is 15.9 Å². The Morgan fingerprint density at radius 2 is 1.95 bits per heavy atom. The second-order valence-corrected chi connectivity index (χ2v) is 5.35. The second kappa shape index (κ2) is 7.00. The Morgan fingerprint density at radius 3 is 2.68 bits per heavy atom. The first-order valence-electron chi connectivity index (χ1n) is 6.29. The van der Waals surface area contributed by atoms with E-state index < -0.39 is 17.6 Å². The predicted octanol–water partition coefficient (Wildman–Crippen LogP) is 3.34. The number of carbonyl (C=O) groups is 2. The molecule has 0 aliphatic carbocycles. The van der Waals surface area contributed by atoms with Gasteiger partial charge in [0, 0.05) is 27.4 Å². The van der Waals surface area contributed by atoms with Gasteiger partial charge in [-0.05, 0) is 42.5 Å². The van der Waals surface area contributed by atoms with Crippen molar-refractivity contribution in [3.05, 3.63) is 70.0 Å². The van der Waals surface area contributed by atoms with E-state index in [4.69, 9.17) is 5.73 Å². The van der Waals surface area contributed by atoms with E-state index in [0.717, 1.165) is 0 Å². The highest BCUT2D eigenvalue weighted by atomic mass is 79.9. The third kappa shape index (κ3) is 4.26. The van der Waals surface area contributed by atoms with Gasteiger partial charge in [0.2, 0.25) is 11.8 Å². The summed E-state index contributed by atoms with van der Waals surface area (Å²) in [5, 5.41) is 2.57. The number of hydrogen-bond donors (Lipinski definition) is 2. The molecule has 2 rings (SSSR count). The molecule has 0 saturated heterocycles. The Morgan fingerprint density at radius 1 is 1.18 bits per heavy atom. The molecule has 0 spiro atoms. The third-order valence-electron chi connectivity index (χ3n) is 2.79. The Labute approximate surface area is 135 Å². The molecule has 0 aliphatic rings. The molecule has 112 valence electrons. The minimum Gasteiger partial charge on any atom is -0.366 e. The fourth-order valence-electron chi connectivity index (χ4n) is 1.74. The van der Waals surface area contributed by atoms with Crippen LogP contribution < -0.4 is 11.1 Å². The topological polar surface area (TPSA) is 72.2 Å². The quantitative estimate of drug-likeness (QED) is 0.818. The van der Waals surface area contributed by atoms with Crippen molar-refractivity contribution >= 4 is 39.5 Å². The number of hydrogen-bond acceptors (Lipinski definition) is 2. The fraction of sp³-hybridized carbons (Fsp3) is 0. The van der Waals surface area contributed by atoms with Gasteiger partial charge in [-0.3, -0.25) is 9.59 Å². The molecule has 0 fully saturated rings. The zero-order valence-corrected chi connectivity index (χ0v) is 12.9. The Hall–Kier alpha value is -2.47. The summed E-state index contributed by atoms with van der Waals surface area (Å²) in [7, 11) is 0. The van der Waals surface area contributed by atoms with Crippen LogP contribution in [0.2, 0.25) is 0 Å². The molecule has 2 aromatic rings. The van der Waals surface area contributed by atoms with E-state index in [-0.39, 0.29) is 5.56 Å². The third-order valence-corrected chi connectivity index (χ3v) is 3.28. The SMILES string of the molecule is NC(=O)c1cccc(NC(=O)C=Cc2cc(Br)ccc2F)c1. The highest BCUT2D eigenvalue weighted by Gasteiger charge is 2.04. The first-order chi connectivity index (χ1) is 10.5. The molecular formula is C16H12BrFN2O2. The largest absolute Gasteiger partial charge is 0.366 e. The second-order valence-electron chi connectivity index (χ2n) is 4.43. The van der Waals surface area contributed by atoms with Crippen molar-refractivity contribution in [2.75, 3.05) is 5.32 Å². The van der Waals surface area contributed by atoms with Crippen molar-refractivity contribution in [2.24, 2.45) is 5.73 Å². The lowest BCUT2D eigenvalue weighted by Crippen LogP contribution is -2.12. The lowest BCUT2D eigenvalue weighted by Gasteiger charge is -2.03. The molecule has 0 unspecified atom stereocenters. The van der Waals surface area contributed by atoms with E-state index >= 15 is 0 Å². The van der Waals surface area contributed by atoms with E-state index in [1.165, 1.54) is 24.3 Å². The van der Waals surface area contributed by atoms with Gasteiger partial charge in [0.25, 0.3) is 0 Å². The van der Waals surface area contributed by atoms with E-state index in [2.05, 4.69) is 21.2 Å². The summed E-state index contributed by atoms with van der Waals surface area (Å²) in [5.41, 5.74) is 6.18. The first-order valence-corrected chi connectivity index (χ1v) is 7.09. The number of nitrogens with two attached hydrogens (primary N) is 1. The minimum atomic E-state index is -0.581. The zero-order valence-electron chi connectivity index (χ0n) is 11.3. The molecule has 3 N–H and O–H groups in total. The molecule has 0 radical (unpaired) electrons. The van der Waals surface area contributed by atoms with Gasteiger partial charge in [-0.15, -0.1) is 0 Å². The van der Waals surface area contributed by atoms with Crippen molar-refractivity contribution < 1.29 is 14.0 Å². The minimum absolute atomic E-state index is 0.287. The smallest absolute Gasteiger partial charge is 0.248 e. The molecule has 0 atom stereocenters. The van der Waals surface area contributed by atoms with Gasteiger partial charge in [-0.2, -0.15) is 0 Å². The summed E-state index contributed by atoms with van der Waals surface area (Å²) in [5.74, 6) is -1.45. The van der Waals surface area contributed by atoms with E-state index in [0.29, 0.717) is 15.7 Å². The zero-order chi connectivity index (χ0) is 16.1. The average molecular weight is 363 g/mol. The van der Waals surface area contributed by atoms with Crippen LogP contribution in [0.25, 0.3) is 6.08 Å². The van der Waals surface area contributed by atoms with Crippen molar-refractivity contribution in [1.29, 1.82) is 0 Å². The van der Waals surface area contributed by atoms with Crippen LogP contribution in [-0.4, -0.2) is 11.8 Å². The highest BCUT2D eigenvalue weighted by Crippen LogP contribution is 2.17. The lowest BCUT2D eigenvalue weighted by molar-refractivity contribution is -0.111. The fourth-order valence-corrected chi connectivity index (χ4v) is 2.12. The summed E-state index contributed by atoms with van der Waals surface area (Å²) >= 11 is 3.23. The molecule has 22 heavy (non-hydrogen) atoms. The van der Waals surface area contributed by atoms with Gasteiger partial charge in [-0.1, -0.05) is 22.0 Å². The number of benzene rings is 2. The maximum atomic E-state index is 13.5. The van der Waals surface area contributed by atoms with Crippen LogP contribution >= 0.6 is 15.9 Å². The maximum absolute atomic E-state index is 13.5. The summed E-state index contributed by atoms with van der Waals surface area (Å²) < 4.78 is 14.2. The summed E-state index contributed by atoms with van der Waals surface area (Å²) in [4.78, 5) is 22.9. The molecule has 0 saturated carbocycles. The summed E-state index contributed by atoms with van der Waals surface area (Å²) in [6, 6.07) is 10.7. The Bertz CT molecular complexity index is 760. The van der Waals surface area contributed by atoms with Crippen LogP contribution in [-0.2, 0) is 4.79 Å². The molecular weight excluding hydrogens is 351 g/mol. The van der Waals surface area contributed by atoms with Crippen LogP contribution in [0, 0.1) is 5.82 Å². The molecule has 0 bridgehead atoms. The number of anilines is 1. The standard InChI is InChI=1S/C16H12BrFN2O2/c17-12-5-6-14(18)10(8-12)4-7-15(21)20-13-3-1-2-11(9-13)16(19)22/h1-9H,(H2,19,22)(H,20,21).